The molecule has 90 valence electrons. The summed E-state index contributed by atoms with van der Waals surface area (Å²) in [5.74, 6) is 0.603. The Labute approximate surface area is 95.2 Å². The van der Waals surface area contributed by atoms with Crippen LogP contribution in [0.2, 0.25) is 0 Å². The van der Waals surface area contributed by atoms with E-state index in [0.29, 0.717) is 18.3 Å². The Hall–Kier alpha value is -1.39. The molecule has 1 rings (SSSR count). The zero-order valence-corrected chi connectivity index (χ0v) is 10.2. The lowest BCUT2D eigenvalue weighted by molar-refractivity contribution is -0.149. The van der Waals surface area contributed by atoms with Gasteiger partial charge in [0, 0.05) is 6.42 Å². The highest BCUT2D eigenvalue weighted by Crippen LogP contribution is 2.23. The monoisotopic (exact) mass is 226 g/mol. The van der Waals surface area contributed by atoms with Crippen LogP contribution in [0, 0.1) is 0 Å². The fourth-order valence-corrected chi connectivity index (χ4v) is 1.23. The number of aryl methyl sites for hydroxylation is 1. The van der Waals surface area contributed by atoms with Gasteiger partial charge in [0.2, 0.25) is 5.89 Å². The Morgan fingerprint density at radius 3 is 2.69 bits per heavy atom. The van der Waals surface area contributed by atoms with Gasteiger partial charge in [-0.3, -0.25) is 4.79 Å². The van der Waals surface area contributed by atoms with Crippen LogP contribution < -0.4 is 0 Å². The van der Waals surface area contributed by atoms with Crippen molar-refractivity contribution in [2.24, 2.45) is 0 Å². The molecule has 0 aliphatic carbocycles. The summed E-state index contributed by atoms with van der Waals surface area (Å²) in [6.45, 7) is 7.58. The number of hydrogen-bond donors (Lipinski definition) is 0. The van der Waals surface area contributed by atoms with Crippen molar-refractivity contribution in [2.75, 3.05) is 6.61 Å². The summed E-state index contributed by atoms with van der Waals surface area (Å²) < 4.78 is 10.1. The SMILES string of the molecule is CCCc1noc(C(C)(C)C(=O)OCC)n1. The van der Waals surface area contributed by atoms with Crippen molar-refractivity contribution in [3.63, 3.8) is 0 Å². The van der Waals surface area contributed by atoms with Crippen LogP contribution >= 0.6 is 0 Å². The largest absolute Gasteiger partial charge is 0.465 e. The highest BCUT2D eigenvalue weighted by atomic mass is 16.5. The lowest BCUT2D eigenvalue weighted by Crippen LogP contribution is -2.31. The van der Waals surface area contributed by atoms with E-state index in [0.717, 1.165) is 12.8 Å². The first-order valence-electron chi connectivity index (χ1n) is 5.52. The van der Waals surface area contributed by atoms with Gasteiger partial charge in [-0.05, 0) is 27.2 Å². The molecular weight excluding hydrogens is 208 g/mol. The van der Waals surface area contributed by atoms with Crippen LogP contribution in [-0.4, -0.2) is 22.7 Å². The van der Waals surface area contributed by atoms with E-state index < -0.39 is 5.41 Å². The third-order valence-corrected chi connectivity index (χ3v) is 2.26. The van der Waals surface area contributed by atoms with Gasteiger partial charge in [0.1, 0.15) is 5.41 Å². The molecule has 0 atom stereocenters. The van der Waals surface area contributed by atoms with Crippen LogP contribution in [0.4, 0.5) is 0 Å². The van der Waals surface area contributed by atoms with Gasteiger partial charge in [-0.2, -0.15) is 4.98 Å². The highest BCUT2D eigenvalue weighted by molar-refractivity contribution is 5.80. The molecule has 0 aliphatic rings. The van der Waals surface area contributed by atoms with E-state index in [-0.39, 0.29) is 5.97 Å². The molecular formula is C11H18N2O3. The Morgan fingerprint density at radius 2 is 2.12 bits per heavy atom. The minimum absolute atomic E-state index is 0.314. The molecule has 5 nitrogen and oxygen atoms in total. The first-order chi connectivity index (χ1) is 7.52. The zero-order valence-electron chi connectivity index (χ0n) is 10.2. The Balaban J connectivity index is 2.84. The normalized spacial score (nSPS) is 11.5. The molecule has 0 amide bonds. The van der Waals surface area contributed by atoms with Gasteiger partial charge in [0.25, 0.3) is 0 Å². The Kier molecular flexibility index (Phi) is 4.04. The maximum absolute atomic E-state index is 11.7. The highest BCUT2D eigenvalue weighted by Gasteiger charge is 2.37. The van der Waals surface area contributed by atoms with Crippen LogP contribution in [0.3, 0.4) is 0 Å². The first kappa shape index (κ1) is 12.7. The molecule has 0 radical (unpaired) electrons. The van der Waals surface area contributed by atoms with E-state index >= 15 is 0 Å². The second-order valence-electron chi connectivity index (χ2n) is 4.11. The van der Waals surface area contributed by atoms with Gasteiger partial charge in [-0.25, -0.2) is 0 Å². The predicted molar refractivity (Wildman–Crippen MR) is 58.0 cm³/mol. The maximum atomic E-state index is 11.7. The average molecular weight is 226 g/mol. The van der Waals surface area contributed by atoms with Gasteiger partial charge >= 0.3 is 5.97 Å². The molecule has 0 aromatic carbocycles. The Bertz CT molecular complexity index is 358. The van der Waals surface area contributed by atoms with Gasteiger partial charge in [0.05, 0.1) is 6.61 Å². The molecule has 5 heteroatoms. The van der Waals surface area contributed by atoms with E-state index in [9.17, 15) is 4.79 Å². The molecule has 0 spiro atoms. The van der Waals surface area contributed by atoms with E-state index in [2.05, 4.69) is 10.1 Å². The maximum Gasteiger partial charge on any atom is 0.321 e. The molecule has 0 N–H and O–H groups in total. The van der Waals surface area contributed by atoms with Crippen molar-refractivity contribution in [1.29, 1.82) is 0 Å². The molecule has 0 unspecified atom stereocenters. The number of nitrogens with zero attached hydrogens (tertiary/aromatic N) is 2. The molecule has 0 aliphatic heterocycles. The van der Waals surface area contributed by atoms with Crippen LogP contribution in [0.25, 0.3) is 0 Å². The second kappa shape index (κ2) is 5.09. The quantitative estimate of drug-likeness (QED) is 0.717. The summed E-state index contributed by atoms with van der Waals surface area (Å²) in [6.07, 6.45) is 1.70. The topological polar surface area (TPSA) is 65.2 Å². The molecule has 0 fully saturated rings. The standard InChI is InChI=1S/C11H18N2O3/c1-5-7-8-12-9(16-13-8)11(3,4)10(14)15-6-2/h5-7H2,1-4H3. The smallest absolute Gasteiger partial charge is 0.321 e. The van der Waals surface area contributed by atoms with E-state index in [4.69, 9.17) is 9.26 Å². The summed E-state index contributed by atoms with van der Waals surface area (Å²) in [6, 6.07) is 0. The minimum Gasteiger partial charge on any atom is -0.465 e. The van der Waals surface area contributed by atoms with Crippen molar-refractivity contribution < 1.29 is 14.1 Å². The van der Waals surface area contributed by atoms with Crippen molar-refractivity contribution in [3.8, 4) is 0 Å². The number of hydrogen-bond acceptors (Lipinski definition) is 5. The number of carbonyl (C=O) groups is 1. The van der Waals surface area contributed by atoms with Crippen LogP contribution in [0.1, 0.15) is 45.8 Å². The predicted octanol–water partition coefficient (Wildman–Crippen LogP) is 1.86. The molecule has 0 bridgehead atoms. The Morgan fingerprint density at radius 1 is 1.44 bits per heavy atom. The lowest BCUT2D eigenvalue weighted by Gasteiger charge is -2.16. The van der Waals surface area contributed by atoms with Gasteiger partial charge in [0.15, 0.2) is 5.82 Å². The molecule has 1 aromatic rings. The van der Waals surface area contributed by atoms with Crippen molar-refractivity contribution in [1.82, 2.24) is 10.1 Å². The number of aromatic nitrogens is 2. The van der Waals surface area contributed by atoms with Crippen LogP contribution in [0.15, 0.2) is 4.52 Å². The third-order valence-electron chi connectivity index (χ3n) is 2.26. The molecule has 1 aromatic heterocycles. The van der Waals surface area contributed by atoms with Crippen LogP contribution in [-0.2, 0) is 21.4 Å². The molecule has 16 heavy (non-hydrogen) atoms. The average Bonchev–Trinajstić information content (AvgIpc) is 2.68. The number of carbonyl (C=O) groups excluding carboxylic acids is 1. The first-order valence-corrected chi connectivity index (χ1v) is 5.52. The second-order valence-corrected chi connectivity index (χ2v) is 4.11. The summed E-state index contributed by atoms with van der Waals surface area (Å²) in [4.78, 5) is 15.9. The van der Waals surface area contributed by atoms with E-state index in [1.165, 1.54) is 0 Å². The van der Waals surface area contributed by atoms with Crippen LogP contribution in [0.5, 0.6) is 0 Å². The van der Waals surface area contributed by atoms with E-state index in [1.54, 1.807) is 20.8 Å². The summed E-state index contributed by atoms with van der Waals surface area (Å²) >= 11 is 0. The fourth-order valence-electron chi connectivity index (χ4n) is 1.23. The number of ether oxygens (including phenoxy) is 1. The van der Waals surface area contributed by atoms with Crippen molar-refractivity contribution in [2.45, 2.75) is 46.0 Å². The number of esters is 1. The lowest BCUT2D eigenvalue weighted by atomic mass is 9.94. The van der Waals surface area contributed by atoms with Gasteiger partial charge in [-0.1, -0.05) is 12.1 Å². The summed E-state index contributed by atoms with van der Waals surface area (Å²) in [5, 5.41) is 3.82. The van der Waals surface area contributed by atoms with Crippen molar-refractivity contribution >= 4 is 5.97 Å². The summed E-state index contributed by atoms with van der Waals surface area (Å²) in [5.41, 5.74) is -0.880. The van der Waals surface area contributed by atoms with Crippen molar-refractivity contribution in [3.05, 3.63) is 11.7 Å². The molecule has 0 saturated heterocycles. The van der Waals surface area contributed by atoms with Gasteiger partial charge < -0.3 is 9.26 Å². The molecule has 0 saturated carbocycles. The van der Waals surface area contributed by atoms with E-state index in [1.807, 2.05) is 6.92 Å². The zero-order chi connectivity index (χ0) is 12.2. The van der Waals surface area contributed by atoms with Gasteiger partial charge in [-0.15, -0.1) is 0 Å². The molecule has 1 heterocycles. The minimum atomic E-state index is -0.880. The number of rotatable bonds is 5. The summed E-state index contributed by atoms with van der Waals surface area (Å²) in [7, 11) is 0. The fraction of sp³-hybridized carbons (Fsp3) is 0.727. The third kappa shape index (κ3) is 2.59.